The first-order chi connectivity index (χ1) is 20.7. The fourth-order valence-electron chi connectivity index (χ4n) is 5.18. The Morgan fingerprint density at radius 2 is 1.84 bits per heavy atom. The van der Waals surface area contributed by atoms with E-state index >= 15 is 8.78 Å². The number of hydrogen-bond acceptors (Lipinski definition) is 8. The molecule has 2 heterocycles. The average Bonchev–Trinajstić information content (AvgIpc) is 2.95. The van der Waals surface area contributed by atoms with Gasteiger partial charge in [0, 0.05) is 52.5 Å². The van der Waals surface area contributed by atoms with Crippen LogP contribution >= 0.6 is 0 Å². The first-order valence-corrected chi connectivity index (χ1v) is 14.1. The summed E-state index contributed by atoms with van der Waals surface area (Å²) < 4.78 is 38.1. The van der Waals surface area contributed by atoms with Crippen molar-refractivity contribution in [2.75, 3.05) is 60.6 Å². The Kier molecular flexibility index (Phi) is 9.30. The Bertz CT molecular complexity index is 1680. The number of aromatic nitrogens is 1. The molecule has 14 heteroatoms. The summed E-state index contributed by atoms with van der Waals surface area (Å²) in [4.78, 5) is 52.0. The van der Waals surface area contributed by atoms with E-state index in [4.69, 9.17) is 4.74 Å². The van der Waals surface area contributed by atoms with Gasteiger partial charge < -0.3 is 30.3 Å². The van der Waals surface area contributed by atoms with Crippen molar-refractivity contribution in [3.63, 3.8) is 0 Å². The second-order valence-electron chi connectivity index (χ2n) is 11.0. The molecule has 0 fully saturated rings. The third-order valence-corrected chi connectivity index (χ3v) is 7.48. The maximum absolute atomic E-state index is 15.5. The molecule has 2 amide bonds. The number of aromatic carboxylic acids is 1. The molecular formula is C30H36F2N6O6. The van der Waals surface area contributed by atoms with Gasteiger partial charge in [-0.1, -0.05) is 13.8 Å². The maximum atomic E-state index is 15.5. The van der Waals surface area contributed by atoms with Crippen molar-refractivity contribution in [3.8, 4) is 5.75 Å². The van der Waals surface area contributed by atoms with Crippen LogP contribution in [0.25, 0.3) is 10.9 Å². The molecule has 0 spiro atoms. The summed E-state index contributed by atoms with van der Waals surface area (Å²) in [5, 5.41) is 16.2. The molecule has 44 heavy (non-hydrogen) atoms. The molecule has 0 bridgehead atoms. The summed E-state index contributed by atoms with van der Waals surface area (Å²) in [6, 6.07) is 4.54. The smallest absolute Gasteiger partial charge is 0.341 e. The number of carboxylic acids is 1. The van der Waals surface area contributed by atoms with Crippen molar-refractivity contribution >= 4 is 45.7 Å². The van der Waals surface area contributed by atoms with E-state index in [0.717, 1.165) is 6.07 Å². The Morgan fingerprint density at radius 3 is 2.43 bits per heavy atom. The van der Waals surface area contributed by atoms with Crippen molar-refractivity contribution in [3.05, 3.63) is 57.9 Å². The normalized spacial score (nSPS) is 13.0. The van der Waals surface area contributed by atoms with E-state index in [2.05, 4.69) is 10.6 Å². The van der Waals surface area contributed by atoms with Crippen LogP contribution in [0, 0.1) is 17.6 Å². The van der Waals surface area contributed by atoms with Crippen LogP contribution in [0.5, 0.6) is 5.75 Å². The molecule has 236 valence electrons. The number of likely N-dealkylation sites (N-methyl/N-ethyl adjacent to an activating group) is 2. The zero-order valence-electron chi connectivity index (χ0n) is 25.4. The Balaban J connectivity index is 1.56. The van der Waals surface area contributed by atoms with E-state index in [1.165, 1.54) is 29.9 Å². The predicted octanol–water partition coefficient (Wildman–Crippen LogP) is 2.96. The monoisotopic (exact) mass is 614 g/mol. The number of ether oxygens (including phenoxy) is 1. The molecule has 2 aromatic carbocycles. The zero-order valence-corrected chi connectivity index (χ0v) is 25.4. The zero-order chi connectivity index (χ0) is 32.5. The molecule has 4 rings (SSSR count). The number of halogens is 2. The van der Waals surface area contributed by atoms with Crippen LogP contribution < -0.4 is 35.6 Å². The van der Waals surface area contributed by atoms with Crippen LogP contribution in [0.1, 0.15) is 38.1 Å². The third kappa shape index (κ3) is 6.24. The van der Waals surface area contributed by atoms with Gasteiger partial charge in [0.1, 0.15) is 28.6 Å². The number of amides is 2. The Labute approximate surface area is 252 Å². The van der Waals surface area contributed by atoms with Gasteiger partial charge in [-0.2, -0.15) is 0 Å². The SMILES string of the molecule is CCN(CCN(C)c1c(F)cc2c(=O)c(C(=O)O)cn3c2c1OCN3C)c1ccc(NC(=O)[C@H](NC(C)=O)C(C)C)cc1F. The van der Waals surface area contributed by atoms with E-state index in [1.54, 1.807) is 48.8 Å². The van der Waals surface area contributed by atoms with Crippen LogP contribution in [0.4, 0.5) is 25.8 Å². The summed E-state index contributed by atoms with van der Waals surface area (Å²) >= 11 is 0. The highest BCUT2D eigenvalue weighted by Gasteiger charge is 2.29. The number of carbonyl (C=O) groups excluding carboxylic acids is 2. The summed E-state index contributed by atoms with van der Waals surface area (Å²) in [5.74, 6) is -3.66. The molecule has 0 saturated heterocycles. The number of benzene rings is 2. The molecule has 1 aliphatic heterocycles. The average molecular weight is 615 g/mol. The fraction of sp³-hybridized carbons (Fsp3) is 0.400. The maximum Gasteiger partial charge on any atom is 0.341 e. The molecule has 1 aromatic heterocycles. The molecule has 3 aromatic rings. The van der Waals surface area contributed by atoms with E-state index in [-0.39, 0.29) is 65.4 Å². The number of pyridine rings is 1. The minimum absolute atomic E-state index is 0.0216. The van der Waals surface area contributed by atoms with Gasteiger partial charge in [0.15, 0.2) is 18.3 Å². The Hall–Kier alpha value is -4.88. The van der Waals surface area contributed by atoms with Gasteiger partial charge in [0.25, 0.3) is 0 Å². The van der Waals surface area contributed by atoms with Crippen LogP contribution in [-0.2, 0) is 9.59 Å². The van der Waals surface area contributed by atoms with Crippen molar-refractivity contribution in [1.82, 2.24) is 9.99 Å². The number of rotatable bonds is 11. The molecule has 0 aliphatic carbocycles. The van der Waals surface area contributed by atoms with Gasteiger partial charge in [-0.25, -0.2) is 13.6 Å². The number of anilines is 3. The number of hydrogen-bond donors (Lipinski definition) is 3. The third-order valence-electron chi connectivity index (χ3n) is 7.48. The topological polar surface area (TPSA) is 136 Å². The second kappa shape index (κ2) is 12.8. The van der Waals surface area contributed by atoms with Crippen LogP contribution in [-0.4, -0.2) is 74.1 Å². The number of carboxylic acid groups (broad SMARTS) is 1. The van der Waals surface area contributed by atoms with Gasteiger partial charge in [-0.15, -0.1) is 0 Å². The van der Waals surface area contributed by atoms with Crippen LogP contribution in [0.15, 0.2) is 35.3 Å². The largest absolute Gasteiger partial charge is 0.477 e. The van der Waals surface area contributed by atoms with Gasteiger partial charge in [0.05, 0.1) is 11.1 Å². The van der Waals surface area contributed by atoms with E-state index in [1.807, 2.05) is 6.92 Å². The lowest BCUT2D eigenvalue weighted by molar-refractivity contribution is -0.126. The molecule has 3 N–H and O–H groups in total. The summed E-state index contributed by atoms with van der Waals surface area (Å²) in [7, 11) is 3.28. The summed E-state index contributed by atoms with van der Waals surface area (Å²) in [6.45, 7) is 7.63. The molecule has 0 radical (unpaired) electrons. The fourth-order valence-corrected chi connectivity index (χ4v) is 5.18. The standard InChI is InChI=1S/C30H36F2N6O6/c1-7-37(23-9-8-18(12-21(23)31)34-29(41)24(16(2)3)33-17(4)39)11-10-35(5)26-22(32)13-19-25-28(26)44-15-36(6)38(25)14-20(27(19)40)30(42)43/h8-9,12-14,16,24H,7,10-11,15H2,1-6H3,(H,33,39)(H,34,41)(H,42,43)/t24-/m1/s1. The van der Waals surface area contributed by atoms with Crippen molar-refractivity contribution in [1.29, 1.82) is 0 Å². The van der Waals surface area contributed by atoms with E-state index in [9.17, 15) is 24.3 Å². The van der Waals surface area contributed by atoms with Crippen molar-refractivity contribution in [2.24, 2.45) is 5.92 Å². The lowest BCUT2D eigenvalue weighted by Crippen LogP contribution is -2.46. The van der Waals surface area contributed by atoms with Crippen molar-refractivity contribution < 1.29 is 33.0 Å². The first kappa shape index (κ1) is 32.0. The highest BCUT2D eigenvalue weighted by Crippen LogP contribution is 2.39. The molecule has 1 atom stereocenters. The number of nitrogens with one attached hydrogen (secondary N) is 2. The van der Waals surface area contributed by atoms with E-state index in [0.29, 0.717) is 6.54 Å². The summed E-state index contributed by atoms with van der Waals surface area (Å²) in [6.07, 6.45) is 1.19. The highest BCUT2D eigenvalue weighted by molar-refractivity contribution is 5.98. The molecular weight excluding hydrogens is 578 g/mol. The number of nitrogens with zero attached hydrogens (tertiary/aromatic N) is 4. The summed E-state index contributed by atoms with van der Waals surface area (Å²) in [5.41, 5.74) is -0.483. The van der Waals surface area contributed by atoms with E-state index < -0.39 is 40.5 Å². The lowest BCUT2D eigenvalue weighted by atomic mass is 10.0. The molecule has 1 aliphatic rings. The van der Waals surface area contributed by atoms with Gasteiger partial charge in [-0.05, 0) is 37.1 Å². The minimum Gasteiger partial charge on any atom is -0.477 e. The predicted molar refractivity (Wildman–Crippen MR) is 163 cm³/mol. The lowest BCUT2D eigenvalue weighted by Gasteiger charge is -2.34. The first-order valence-electron chi connectivity index (χ1n) is 14.1. The highest BCUT2D eigenvalue weighted by atomic mass is 19.1. The Morgan fingerprint density at radius 1 is 1.14 bits per heavy atom. The van der Waals surface area contributed by atoms with Crippen LogP contribution in [0.2, 0.25) is 0 Å². The number of carbonyl (C=O) groups is 3. The molecule has 12 nitrogen and oxygen atoms in total. The second-order valence-corrected chi connectivity index (χ2v) is 11.0. The van der Waals surface area contributed by atoms with Crippen molar-refractivity contribution in [2.45, 2.75) is 33.7 Å². The quantitative estimate of drug-likeness (QED) is 0.298. The molecule has 0 unspecified atom stereocenters. The van der Waals surface area contributed by atoms with Gasteiger partial charge in [-0.3, -0.25) is 24.1 Å². The minimum atomic E-state index is -1.42. The van der Waals surface area contributed by atoms with Crippen LogP contribution in [0.3, 0.4) is 0 Å². The van der Waals surface area contributed by atoms with Gasteiger partial charge >= 0.3 is 5.97 Å². The molecule has 0 saturated carbocycles. The van der Waals surface area contributed by atoms with Gasteiger partial charge in [0.2, 0.25) is 17.2 Å².